The van der Waals surface area contributed by atoms with E-state index in [0.717, 1.165) is 6.42 Å². The second-order valence-corrected chi connectivity index (χ2v) is 8.96. The number of ether oxygens (including phenoxy) is 2. The average Bonchev–Trinajstić information content (AvgIpc) is 2.98. The summed E-state index contributed by atoms with van der Waals surface area (Å²) in [7, 11) is -3.83. The SMILES string of the molecule is CC(C)(C)OC(=O)N1CC[C@H](COc2cccc3c2C(N)=NS(=O)(=O)N3)C1. The van der Waals surface area contributed by atoms with Crippen molar-refractivity contribution in [2.45, 2.75) is 32.8 Å². The highest BCUT2D eigenvalue weighted by Gasteiger charge is 2.31. The Morgan fingerprint density at radius 2 is 2.15 bits per heavy atom. The van der Waals surface area contributed by atoms with Gasteiger partial charge in [-0.2, -0.15) is 8.42 Å². The number of nitrogens with zero attached hydrogens (tertiary/aromatic N) is 2. The summed E-state index contributed by atoms with van der Waals surface area (Å²) in [6.07, 6.45) is 0.470. The third-order valence-corrected chi connectivity index (χ3v) is 5.07. The van der Waals surface area contributed by atoms with Crippen molar-refractivity contribution in [3.63, 3.8) is 0 Å². The molecule has 3 N–H and O–H groups in total. The van der Waals surface area contributed by atoms with Crippen LogP contribution in [0.15, 0.2) is 22.6 Å². The Hall–Kier alpha value is -2.49. The zero-order valence-corrected chi connectivity index (χ0v) is 16.4. The summed E-state index contributed by atoms with van der Waals surface area (Å²) in [5.74, 6) is 0.486. The molecule has 1 amide bonds. The molecule has 0 aliphatic carbocycles. The predicted octanol–water partition coefficient (Wildman–Crippen LogP) is 1.70. The summed E-state index contributed by atoms with van der Waals surface area (Å²) >= 11 is 0. The van der Waals surface area contributed by atoms with Crippen LogP contribution >= 0.6 is 0 Å². The number of anilines is 1. The molecule has 148 valence electrons. The monoisotopic (exact) mass is 396 g/mol. The number of carbonyl (C=O) groups excluding carboxylic acids is 1. The van der Waals surface area contributed by atoms with Crippen molar-refractivity contribution < 1.29 is 22.7 Å². The molecule has 27 heavy (non-hydrogen) atoms. The van der Waals surface area contributed by atoms with Crippen molar-refractivity contribution in [2.24, 2.45) is 16.0 Å². The van der Waals surface area contributed by atoms with Crippen molar-refractivity contribution in [1.82, 2.24) is 4.90 Å². The number of nitrogens with two attached hydrogens (primary N) is 1. The lowest BCUT2D eigenvalue weighted by molar-refractivity contribution is 0.0285. The lowest BCUT2D eigenvalue weighted by atomic mass is 10.1. The fourth-order valence-electron chi connectivity index (χ4n) is 3.01. The van der Waals surface area contributed by atoms with E-state index in [9.17, 15) is 13.2 Å². The van der Waals surface area contributed by atoms with Crippen LogP contribution in [0.2, 0.25) is 0 Å². The average molecular weight is 396 g/mol. The fourth-order valence-corrected chi connectivity index (χ4v) is 3.85. The lowest BCUT2D eigenvalue weighted by Gasteiger charge is -2.24. The summed E-state index contributed by atoms with van der Waals surface area (Å²) in [6.45, 7) is 7.02. The van der Waals surface area contributed by atoms with Crippen LogP contribution in [0.25, 0.3) is 0 Å². The number of benzene rings is 1. The van der Waals surface area contributed by atoms with Crippen LogP contribution in [0.5, 0.6) is 5.75 Å². The third-order valence-electron chi connectivity index (χ3n) is 4.15. The van der Waals surface area contributed by atoms with E-state index in [1.165, 1.54) is 0 Å². The van der Waals surface area contributed by atoms with Gasteiger partial charge in [0.25, 0.3) is 0 Å². The van der Waals surface area contributed by atoms with Crippen LogP contribution in [0.3, 0.4) is 0 Å². The van der Waals surface area contributed by atoms with Crippen LogP contribution in [-0.4, -0.2) is 50.5 Å². The van der Waals surface area contributed by atoms with Gasteiger partial charge in [0.2, 0.25) is 0 Å². The van der Waals surface area contributed by atoms with Crippen LogP contribution in [0.4, 0.5) is 10.5 Å². The molecule has 3 rings (SSSR count). The van der Waals surface area contributed by atoms with Crippen molar-refractivity contribution in [2.75, 3.05) is 24.4 Å². The molecule has 1 fully saturated rings. The standard InChI is InChI=1S/C17H24N4O5S/c1-17(2,3)26-16(22)21-8-7-11(9-21)10-25-13-6-4-5-12-14(13)15(18)20-27(23,24)19-12/h4-6,11,19H,7-10H2,1-3H3,(H2,18,20)/t11-/m0/s1. The maximum Gasteiger partial charge on any atom is 0.410 e. The number of amidine groups is 1. The second-order valence-electron chi connectivity index (χ2n) is 7.62. The maximum absolute atomic E-state index is 12.1. The van der Waals surface area contributed by atoms with E-state index < -0.39 is 15.8 Å². The van der Waals surface area contributed by atoms with E-state index in [2.05, 4.69) is 9.12 Å². The number of hydrogen-bond donors (Lipinski definition) is 2. The van der Waals surface area contributed by atoms with Crippen LogP contribution in [0, 0.1) is 5.92 Å². The molecule has 1 saturated heterocycles. The Labute approximate surface area is 158 Å². The van der Waals surface area contributed by atoms with Crippen molar-refractivity contribution in [3.8, 4) is 5.75 Å². The van der Waals surface area contributed by atoms with Gasteiger partial charge in [-0.15, -0.1) is 4.40 Å². The van der Waals surface area contributed by atoms with Crippen molar-refractivity contribution in [1.29, 1.82) is 0 Å². The molecule has 10 heteroatoms. The van der Waals surface area contributed by atoms with Gasteiger partial charge < -0.3 is 20.1 Å². The molecule has 2 heterocycles. The van der Waals surface area contributed by atoms with Gasteiger partial charge in [-0.3, -0.25) is 4.72 Å². The number of fused-ring (bicyclic) bond motifs is 1. The highest BCUT2D eigenvalue weighted by Crippen LogP contribution is 2.31. The molecule has 1 aromatic rings. The van der Waals surface area contributed by atoms with Gasteiger partial charge in [-0.25, -0.2) is 4.79 Å². The molecule has 0 saturated carbocycles. The molecule has 0 spiro atoms. The molecule has 9 nitrogen and oxygen atoms in total. The Morgan fingerprint density at radius 3 is 2.85 bits per heavy atom. The topological polar surface area (TPSA) is 123 Å². The summed E-state index contributed by atoms with van der Waals surface area (Å²) in [5.41, 5.74) is 6.04. The number of hydrogen-bond acceptors (Lipinski definition) is 6. The summed E-state index contributed by atoms with van der Waals surface area (Å²) in [5, 5.41) is 0. The van der Waals surface area contributed by atoms with Crippen LogP contribution in [0.1, 0.15) is 32.8 Å². The number of likely N-dealkylation sites (tertiary alicyclic amines) is 1. The Balaban J connectivity index is 1.63. The zero-order valence-electron chi connectivity index (χ0n) is 15.6. The van der Waals surface area contributed by atoms with Crippen LogP contribution < -0.4 is 15.2 Å². The zero-order chi connectivity index (χ0) is 19.8. The van der Waals surface area contributed by atoms with Crippen LogP contribution in [-0.2, 0) is 14.9 Å². The van der Waals surface area contributed by atoms with Gasteiger partial charge in [0.05, 0.1) is 17.9 Å². The molecule has 0 aromatic heterocycles. The first kappa shape index (κ1) is 19.3. The molecule has 0 unspecified atom stereocenters. The smallest absolute Gasteiger partial charge is 0.410 e. The number of amides is 1. The number of nitrogens with one attached hydrogen (secondary N) is 1. The summed E-state index contributed by atoms with van der Waals surface area (Å²) in [4.78, 5) is 13.8. The summed E-state index contributed by atoms with van der Waals surface area (Å²) in [6, 6.07) is 4.99. The first-order valence-corrected chi connectivity index (χ1v) is 10.1. The first-order valence-electron chi connectivity index (χ1n) is 8.66. The number of carbonyl (C=O) groups is 1. The molecule has 1 aromatic carbocycles. The van der Waals surface area contributed by atoms with Crippen molar-refractivity contribution >= 4 is 27.8 Å². The highest BCUT2D eigenvalue weighted by atomic mass is 32.2. The minimum Gasteiger partial charge on any atom is -0.492 e. The quantitative estimate of drug-likeness (QED) is 0.801. The van der Waals surface area contributed by atoms with Gasteiger partial charge >= 0.3 is 16.3 Å². The molecule has 0 radical (unpaired) electrons. The molecular formula is C17H24N4O5S. The third kappa shape index (κ3) is 4.62. The largest absolute Gasteiger partial charge is 0.492 e. The van der Waals surface area contributed by atoms with E-state index in [0.29, 0.717) is 36.7 Å². The second kappa shape index (κ2) is 6.91. The first-order chi connectivity index (χ1) is 12.5. The van der Waals surface area contributed by atoms with E-state index >= 15 is 0 Å². The Kier molecular flexibility index (Phi) is 4.94. The number of rotatable bonds is 3. The molecule has 2 aliphatic rings. The van der Waals surface area contributed by atoms with Gasteiger partial charge in [0.1, 0.15) is 11.4 Å². The minimum absolute atomic E-state index is 0.110. The molecule has 0 bridgehead atoms. The Morgan fingerprint density at radius 1 is 1.41 bits per heavy atom. The molecule has 1 atom stereocenters. The van der Waals surface area contributed by atoms with Gasteiger partial charge in [-0.05, 0) is 39.3 Å². The van der Waals surface area contributed by atoms with E-state index in [1.54, 1.807) is 23.1 Å². The highest BCUT2D eigenvalue weighted by molar-refractivity contribution is 7.91. The van der Waals surface area contributed by atoms with Gasteiger partial charge in [0, 0.05) is 19.0 Å². The predicted molar refractivity (Wildman–Crippen MR) is 101 cm³/mol. The Bertz CT molecular complexity index is 876. The van der Waals surface area contributed by atoms with E-state index in [4.69, 9.17) is 15.2 Å². The van der Waals surface area contributed by atoms with E-state index in [-0.39, 0.29) is 17.8 Å². The van der Waals surface area contributed by atoms with Gasteiger partial charge in [-0.1, -0.05) is 6.07 Å². The van der Waals surface area contributed by atoms with Gasteiger partial charge in [0.15, 0.2) is 5.84 Å². The lowest BCUT2D eigenvalue weighted by Crippen LogP contribution is -2.35. The molecule has 2 aliphatic heterocycles. The van der Waals surface area contributed by atoms with E-state index in [1.807, 2.05) is 20.8 Å². The van der Waals surface area contributed by atoms with Crippen molar-refractivity contribution in [3.05, 3.63) is 23.8 Å². The summed E-state index contributed by atoms with van der Waals surface area (Å²) < 4.78 is 40.3. The fraction of sp³-hybridized carbons (Fsp3) is 0.529. The normalized spacial score (nSPS) is 21.1. The maximum atomic E-state index is 12.1. The minimum atomic E-state index is -3.83. The molecular weight excluding hydrogens is 372 g/mol.